The molecule has 2 aromatic rings. The van der Waals surface area contributed by atoms with Gasteiger partial charge in [-0.15, -0.1) is 0 Å². The fourth-order valence-corrected chi connectivity index (χ4v) is 3.19. The first kappa shape index (κ1) is 19.1. The molecule has 1 aromatic carbocycles. The number of carbonyl (C=O) groups excluding carboxylic acids is 2. The monoisotopic (exact) mass is 390 g/mol. The van der Waals surface area contributed by atoms with E-state index in [4.69, 9.17) is 16.3 Å². The number of nitrogens with zero attached hydrogens (tertiary/aromatic N) is 3. The van der Waals surface area contributed by atoms with E-state index in [1.54, 1.807) is 29.2 Å². The molecule has 1 aliphatic rings. The summed E-state index contributed by atoms with van der Waals surface area (Å²) in [5.74, 6) is -0.619. The number of halogens is 1. The minimum atomic E-state index is -0.560. The number of aromatic nitrogens is 2. The molecule has 1 N–H and O–H groups in total. The molecule has 3 rings (SSSR count). The molecular formula is C18H19ClN4O4. The SMILES string of the molecule is COC(=O)C(c1ccc(Cl)cc1)N1CCN(C(=O)c2ccc(=O)[nH]n2)CC1. The Morgan fingerprint density at radius 3 is 2.33 bits per heavy atom. The van der Waals surface area contributed by atoms with Crippen molar-refractivity contribution < 1.29 is 14.3 Å². The molecular weight excluding hydrogens is 372 g/mol. The molecule has 1 fully saturated rings. The van der Waals surface area contributed by atoms with E-state index in [1.807, 2.05) is 4.90 Å². The van der Waals surface area contributed by atoms with Gasteiger partial charge in [-0.25, -0.2) is 9.89 Å². The number of piperazine rings is 1. The summed E-state index contributed by atoms with van der Waals surface area (Å²) in [6.07, 6.45) is 0. The van der Waals surface area contributed by atoms with E-state index in [0.717, 1.165) is 5.56 Å². The lowest BCUT2D eigenvalue weighted by Crippen LogP contribution is -2.51. The van der Waals surface area contributed by atoms with Gasteiger partial charge in [0.1, 0.15) is 11.7 Å². The fraction of sp³-hybridized carbons (Fsp3) is 0.333. The van der Waals surface area contributed by atoms with Gasteiger partial charge in [-0.1, -0.05) is 23.7 Å². The van der Waals surface area contributed by atoms with E-state index in [0.29, 0.717) is 31.2 Å². The van der Waals surface area contributed by atoms with Crippen LogP contribution in [0.5, 0.6) is 0 Å². The lowest BCUT2D eigenvalue weighted by atomic mass is 10.0. The van der Waals surface area contributed by atoms with Crippen molar-refractivity contribution in [2.45, 2.75) is 6.04 Å². The minimum Gasteiger partial charge on any atom is -0.468 e. The smallest absolute Gasteiger partial charge is 0.327 e. The molecule has 0 aliphatic carbocycles. The Bertz CT molecular complexity index is 855. The average Bonchev–Trinajstić information content (AvgIpc) is 2.70. The molecule has 2 heterocycles. The maximum absolute atomic E-state index is 12.5. The zero-order chi connectivity index (χ0) is 19.4. The summed E-state index contributed by atoms with van der Waals surface area (Å²) in [5, 5.41) is 6.62. The molecule has 1 amide bonds. The van der Waals surface area contributed by atoms with Crippen molar-refractivity contribution >= 4 is 23.5 Å². The largest absolute Gasteiger partial charge is 0.468 e. The van der Waals surface area contributed by atoms with Gasteiger partial charge >= 0.3 is 5.97 Å². The third kappa shape index (κ3) is 4.35. The highest BCUT2D eigenvalue weighted by molar-refractivity contribution is 6.30. The molecule has 0 spiro atoms. The number of carbonyl (C=O) groups is 2. The summed E-state index contributed by atoms with van der Waals surface area (Å²) in [5.41, 5.74) is 0.610. The standard InChI is InChI=1S/C18H19ClN4O4/c1-27-18(26)16(12-2-4-13(19)5-3-12)22-8-10-23(11-9-22)17(25)14-6-7-15(24)21-20-14/h2-7,16H,8-11H2,1H3,(H,21,24). The number of methoxy groups -OCH3 is 1. The minimum absolute atomic E-state index is 0.185. The molecule has 0 radical (unpaired) electrons. The van der Waals surface area contributed by atoms with Crippen LogP contribution in [0.2, 0.25) is 5.02 Å². The van der Waals surface area contributed by atoms with Crippen LogP contribution in [0.4, 0.5) is 0 Å². The molecule has 1 aliphatic heterocycles. The van der Waals surface area contributed by atoms with Crippen LogP contribution in [-0.2, 0) is 9.53 Å². The Balaban J connectivity index is 1.71. The Labute approximate surface area is 160 Å². The number of aromatic amines is 1. The molecule has 0 bridgehead atoms. The van der Waals surface area contributed by atoms with Gasteiger partial charge in [0.15, 0.2) is 0 Å². The maximum atomic E-state index is 12.5. The van der Waals surface area contributed by atoms with Crippen molar-refractivity contribution in [2.75, 3.05) is 33.3 Å². The Morgan fingerprint density at radius 1 is 1.11 bits per heavy atom. The summed E-state index contributed by atoms with van der Waals surface area (Å²) in [6.45, 7) is 1.86. The number of hydrogen-bond donors (Lipinski definition) is 1. The van der Waals surface area contributed by atoms with Crippen LogP contribution in [0.25, 0.3) is 0 Å². The maximum Gasteiger partial charge on any atom is 0.327 e. The third-order valence-corrected chi connectivity index (χ3v) is 4.73. The van der Waals surface area contributed by atoms with Gasteiger partial charge in [0.05, 0.1) is 7.11 Å². The number of hydrogen-bond acceptors (Lipinski definition) is 6. The van der Waals surface area contributed by atoms with Crippen LogP contribution in [0, 0.1) is 0 Å². The summed E-state index contributed by atoms with van der Waals surface area (Å²) in [4.78, 5) is 39.5. The van der Waals surface area contributed by atoms with Crippen molar-refractivity contribution in [1.82, 2.24) is 20.0 Å². The van der Waals surface area contributed by atoms with Gasteiger partial charge in [-0.2, -0.15) is 5.10 Å². The predicted molar refractivity (Wildman–Crippen MR) is 98.5 cm³/mol. The van der Waals surface area contributed by atoms with Crippen molar-refractivity contribution in [3.63, 3.8) is 0 Å². The highest BCUT2D eigenvalue weighted by atomic mass is 35.5. The highest BCUT2D eigenvalue weighted by Crippen LogP contribution is 2.25. The van der Waals surface area contributed by atoms with Gasteiger partial charge in [0.25, 0.3) is 11.5 Å². The van der Waals surface area contributed by atoms with Gasteiger partial charge in [-0.3, -0.25) is 14.5 Å². The fourth-order valence-electron chi connectivity index (χ4n) is 3.06. The lowest BCUT2D eigenvalue weighted by Gasteiger charge is -2.38. The number of esters is 1. The van der Waals surface area contributed by atoms with Crippen LogP contribution in [-0.4, -0.2) is 65.2 Å². The van der Waals surface area contributed by atoms with Gasteiger partial charge in [0.2, 0.25) is 0 Å². The molecule has 27 heavy (non-hydrogen) atoms. The van der Waals surface area contributed by atoms with Gasteiger partial charge in [0, 0.05) is 37.3 Å². The molecule has 1 saturated heterocycles. The van der Waals surface area contributed by atoms with Crippen molar-refractivity contribution in [2.24, 2.45) is 0 Å². The van der Waals surface area contributed by atoms with E-state index < -0.39 is 6.04 Å². The number of ether oxygens (including phenoxy) is 1. The van der Waals surface area contributed by atoms with Gasteiger partial charge < -0.3 is 9.64 Å². The second-order valence-corrected chi connectivity index (χ2v) is 6.55. The van der Waals surface area contributed by atoms with Crippen molar-refractivity contribution in [3.8, 4) is 0 Å². The summed E-state index contributed by atoms with van der Waals surface area (Å²) in [6, 6.07) is 9.17. The molecule has 1 unspecified atom stereocenters. The lowest BCUT2D eigenvalue weighted by molar-refractivity contribution is -0.148. The number of nitrogens with one attached hydrogen (secondary N) is 1. The first-order valence-electron chi connectivity index (χ1n) is 8.42. The highest BCUT2D eigenvalue weighted by Gasteiger charge is 2.32. The Morgan fingerprint density at radius 2 is 1.78 bits per heavy atom. The van der Waals surface area contributed by atoms with Crippen molar-refractivity contribution in [3.05, 3.63) is 63.0 Å². The molecule has 142 valence electrons. The summed E-state index contributed by atoms with van der Waals surface area (Å²) >= 11 is 5.94. The summed E-state index contributed by atoms with van der Waals surface area (Å²) < 4.78 is 4.97. The topological polar surface area (TPSA) is 95.6 Å². The molecule has 1 aromatic heterocycles. The zero-order valence-electron chi connectivity index (χ0n) is 14.7. The average molecular weight is 391 g/mol. The van der Waals surface area contributed by atoms with Crippen molar-refractivity contribution in [1.29, 1.82) is 0 Å². The van der Waals surface area contributed by atoms with Crippen LogP contribution in [0.1, 0.15) is 22.1 Å². The van der Waals surface area contributed by atoms with Crippen LogP contribution in [0.3, 0.4) is 0 Å². The zero-order valence-corrected chi connectivity index (χ0v) is 15.5. The Kier molecular flexibility index (Phi) is 5.88. The normalized spacial score (nSPS) is 16.0. The van der Waals surface area contributed by atoms with Crippen LogP contribution in [0.15, 0.2) is 41.2 Å². The first-order chi connectivity index (χ1) is 13.0. The van der Waals surface area contributed by atoms with Gasteiger partial charge in [-0.05, 0) is 23.8 Å². The molecule has 9 heteroatoms. The molecule has 0 saturated carbocycles. The van der Waals surface area contributed by atoms with E-state index in [2.05, 4.69) is 10.2 Å². The van der Waals surface area contributed by atoms with Crippen LogP contribution >= 0.6 is 11.6 Å². The number of amides is 1. The second-order valence-electron chi connectivity index (χ2n) is 6.11. The van der Waals surface area contributed by atoms with E-state index in [9.17, 15) is 14.4 Å². The predicted octanol–water partition coefficient (Wildman–Crippen LogP) is 1.10. The summed E-state index contributed by atoms with van der Waals surface area (Å²) in [7, 11) is 1.35. The quantitative estimate of drug-likeness (QED) is 0.785. The first-order valence-corrected chi connectivity index (χ1v) is 8.80. The van der Waals surface area contributed by atoms with Crippen LogP contribution < -0.4 is 5.56 Å². The molecule has 1 atom stereocenters. The number of H-pyrrole nitrogens is 1. The number of benzene rings is 1. The van der Waals surface area contributed by atoms with E-state index in [-0.39, 0.29) is 23.1 Å². The van der Waals surface area contributed by atoms with E-state index >= 15 is 0 Å². The second kappa shape index (κ2) is 8.32. The Hall–Kier alpha value is -2.71. The van der Waals surface area contributed by atoms with E-state index in [1.165, 1.54) is 19.2 Å². The molecule has 8 nitrogen and oxygen atoms in total. The number of rotatable bonds is 4. The third-order valence-electron chi connectivity index (χ3n) is 4.48.